The molecule has 1 aliphatic heterocycles. The minimum atomic E-state index is -0.344. The van der Waals surface area contributed by atoms with E-state index < -0.39 is 0 Å². The highest BCUT2D eigenvalue weighted by atomic mass is 16.5. The number of nitriles is 1. The predicted octanol–water partition coefficient (Wildman–Crippen LogP) is 2.88. The van der Waals surface area contributed by atoms with Crippen molar-refractivity contribution in [3.8, 4) is 40.3 Å². The van der Waals surface area contributed by atoms with Crippen molar-refractivity contribution >= 4 is 0 Å². The number of nitrogens with one attached hydrogen (secondary N) is 1. The number of benzene rings is 2. The van der Waals surface area contributed by atoms with Gasteiger partial charge in [-0.05, 0) is 12.1 Å². The lowest BCUT2D eigenvalue weighted by molar-refractivity contribution is 0.202. The van der Waals surface area contributed by atoms with E-state index in [1.165, 1.54) is 0 Å². The maximum Gasteiger partial charge on any atom is 0.203 e. The Morgan fingerprint density at radius 3 is 2.54 bits per heavy atom. The molecule has 0 saturated heterocycles. The van der Waals surface area contributed by atoms with E-state index >= 15 is 0 Å². The Hall–Kier alpha value is -3.07. The maximum atomic E-state index is 8.84. The summed E-state index contributed by atoms with van der Waals surface area (Å²) < 4.78 is 22.6. The van der Waals surface area contributed by atoms with E-state index in [0.717, 1.165) is 22.4 Å². The highest BCUT2D eigenvalue weighted by molar-refractivity contribution is 5.84. The number of nitrogens with zero attached hydrogens (tertiary/aromatic N) is 1. The lowest BCUT2D eigenvalue weighted by Crippen LogP contribution is -2.25. The molecular weight excluding hydrogens is 308 g/mol. The molecule has 1 atom stereocenters. The maximum absolute atomic E-state index is 8.84. The summed E-state index contributed by atoms with van der Waals surface area (Å²) in [7, 11) is 4.74. The molecule has 2 aromatic carbocycles. The molecule has 0 radical (unpaired) electrons. The van der Waals surface area contributed by atoms with Gasteiger partial charge in [0, 0.05) is 16.7 Å². The molecule has 0 spiro atoms. The Bertz CT molecular complexity index is 798. The summed E-state index contributed by atoms with van der Waals surface area (Å²) in [4.78, 5) is 0. The van der Waals surface area contributed by atoms with Gasteiger partial charge in [0.1, 0.15) is 11.9 Å². The molecule has 0 amide bonds. The zero-order valence-electron chi connectivity index (χ0n) is 13.8. The lowest BCUT2D eigenvalue weighted by atomic mass is 9.91. The first kappa shape index (κ1) is 15.8. The first-order valence-electron chi connectivity index (χ1n) is 7.46. The van der Waals surface area contributed by atoms with Gasteiger partial charge in [-0.3, -0.25) is 0 Å². The monoisotopic (exact) mass is 326 g/mol. The molecule has 3 rings (SSSR count). The molecule has 0 bridgehead atoms. The molecular formula is C18H18N2O4. The zero-order chi connectivity index (χ0) is 17.1. The summed E-state index contributed by atoms with van der Waals surface area (Å²) >= 11 is 0. The van der Waals surface area contributed by atoms with Gasteiger partial charge in [0.05, 0.1) is 27.9 Å². The standard InChI is InChI=1S/C18H18N2O4/c1-21-14-8-12-15(9-20-10-19)24-13-7-5-4-6-11(13)16(12)18(23-3)17(14)22-2/h4-8,15,20H,9H2,1-3H3. The van der Waals surface area contributed by atoms with Crippen molar-refractivity contribution in [3.05, 3.63) is 35.9 Å². The second kappa shape index (κ2) is 6.59. The van der Waals surface area contributed by atoms with Gasteiger partial charge >= 0.3 is 0 Å². The first-order valence-corrected chi connectivity index (χ1v) is 7.46. The minimum absolute atomic E-state index is 0.344. The molecule has 1 N–H and O–H groups in total. The smallest absolute Gasteiger partial charge is 0.203 e. The van der Waals surface area contributed by atoms with Gasteiger partial charge in [0.2, 0.25) is 5.75 Å². The highest BCUT2D eigenvalue weighted by Crippen LogP contribution is 2.53. The Labute approximate surface area is 140 Å². The summed E-state index contributed by atoms with van der Waals surface area (Å²) in [6.45, 7) is 0.344. The molecule has 0 fully saturated rings. The molecule has 124 valence electrons. The third-order valence-corrected chi connectivity index (χ3v) is 4.00. The van der Waals surface area contributed by atoms with Crippen molar-refractivity contribution in [2.75, 3.05) is 27.9 Å². The molecule has 0 saturated carbocycles. The third-order valence-electron chi connectivity index (χ3n) is 4.00. The fourth-order valence-corrected chi connectivity index (χ4v) is 2.99. The molecule has 1 aliphatic rings. The average molecular weight is 326 g/mol. The van der Waals surface area contributed by atoms with Crippen LogP contribution in [0.1, 0.15) is 11.7 Å². The first-order chi connectivity index (χ1) is 11.7. The second-order valence-corrected chi connectivity index (χ2v) is 5.20. The Kier molecular flexibility index (Phi) is 4.34. The summed E-state index contributed by atoms with van der Waals surface area (Å²) in [5.41, 5.74) is 2.69. The Morgan fingerprint density at radius 1 is 1.12 bits per heavy atom. The van der Waals surface area contributed by atoms with Gasteiger partial charge in [-0.15, -0.1) is 0 Å². The summed E-state index contributed by atoms with van der Waals surface area (Å²) in [5.74, 6) is 2.41. The van der Waals surface area contributed by atoms with Crippen LogP contribution < -0.4 is 24.3 Å². The van der Waals surface area contributed by atoms with Crippen LogP contribution >= 0.6 is 0 Å². The van der Waals surface area contributed by atoms with Crippen LogP contribution in [-0.2, 0) is 0 Å². The number of hydrogen-bond acceptors (Lipinski definition) is 6. The van der Waals surface area contributed by atoms with Crippen molar-refractivity contribution in [2.24, 2.45) is 0 Å². The molecule has 24 heavy (non-hydrogen) atoms. The SMILES string of the molecule is COc1cc2c(c(OC)c1OC)-c1ccccc1OC2CNC#N. The number of methoxy groups -OCH3 is 3. The summed E-state index contributed by atoms with van der Waals surface area (Å²) in [6, 6.07) is 9.59. The van der Waals surface area contributed by atoms with Crippen molar-refractivity contribution in [1.29, 1.82) is 5.26 Å². The van der Waals surface area contributed by atoms with Crippen LogP contribution in [0.5, 0.6) is 23.0 Å². The van der Waals surface area contributed by atoms with Crippen molar-refractivity contribution in [1.82, 2.24) is 5.32 Å². The molecule has 2 aromatic rings. The van der Waals surface area contributed by atoms with E-state index in [-0.39, 0.29) is 6.10 Å². The van der Waals surface area contributed by atoms with Gasteiger partial charge < -0.3 is 24.3 Å². The van der Waals surface area contributed by atoms with Crippen molar-refractivity contribution in [2.45, 2.75) is 6.10 Å². The van der Waals surface area contributed by atoms with Gasteiger partial charge in [0.25, 0.3) is 0 Å². The molecule has 6 heteroatoms. The Morgan fingerprint density at radius 2 is 1.88 bits per heavy atom. The van der Waals surface area contributed by atoms with Crippen LogP contribution in [0.2, 0.25) is 0 Å². The van der Waals surface area contributed by atoms with Gasteiger partial charge in [0.15, 0.2) is 17.7 Å². The second-order valence-electron chi connectivity index (χ2n) is 5.20. The van der Waals surface area contributed by atoms with E-state index in [4.69, 9.17) is 24.2 Å². The van der Waals surface area contributed by atoms with Crippen LogP contribution in [0, 0.1) is 11.5 Å². The Balaban J connectivity index is 2.29. The average Bonchev–Trinajstić information content (AvgIpc) is 2.64. The van der Waals surface area contributed by atoms with Crippen LogP contribution in [0.25, 0.3) is 11.1 Å². The highest BCUT2D eigenvalue weighted by Gasteiger charge is 2.32. The van der Waals surface area contributed by atoms with E-state index in [9.17, 15) is 0 Å². The van der Waals surface area contributed by atoms with Gasteiger partial charge in [-0.1, -0.05) is 18.2 Å². The minimum Gasteiger partial charge on any atom is -0.493 e. The van der Waals surface area contributed by atoms with Crippen LogP contribution in [-0.4, -0.2) is 27.9 Å². The summed E-state index contributed by atoms with van der Waals surface area (Å²) in [6.07, 6.45) is 1.59. The topological polar surface area (TPSA) is 72.7 Å². The van der Waals surface area contributed by atoms with Gasteiger partial charge in [-0.25, -0.2) is 0 Å². The fourth-order valence-electron chi connectivity index (χ4n) is 2.99. The third kappa shape index (κ3) is 2.44. The molecule has 1 unspecified atom stereocenters. The fraction of sp³-hybridized carbons (Fsp3) is 0.278. The number of ether oxygens (including phenoxy) is 4. The number of rotatable bonds is 5. The van der Waals surface area contributed by atoms with Crippen LogP contribution in [0.4, 0.5) is 0 Å². The quantitative estimate of drug-likeness (QED) is 0.673. The van der Waals surface area contributed by atoms with E-state index in [0.29, 0.717) is 23.8 Å². The lowest BCUT2D eigenvalue weighted by Gasteiger charge is -2.30. The predicted molar refractivity (Wildman–Crippen MR) is 88.5 cm³/mol. The van der Waals surface area contributed by atoms with E-state index in [1.54, 1.807) is 21.3 Å². The molecule has 0 aliphatic carbocycles. The van der Waals surface area contributed by atoms with Gasteiger partial charge in [-0.2, -0.15) is 5.26 Å². The van der Waals surface area contributed by atoms with Crippen molar-refractivity contribution < 1.29 is 18.9 Å². The summed E-state index contributed by atoms with van der Waals surface area (Å²) in [5, 5.41) is 11.5. The van der Waals surface area contributed by atoms with Crippen molar-refractivity contribution in [3.63, 3.8) is 0 Å². The normalized spacial score (nSPS) is 14.5. The van der Waals surface area contributed by atoms with Crippen LogP contribution in [0.15, 0.2) is 30.3 Å². The number of para-hydroxylation sites is 1. The van der Waals surface area contributed by atoms with E-state index in [2.05, 4.69) is 5.32 Å². The number of hydrogen-bond donors (Lipinski definition) is 1. The zero-order valence-corrected chi connectivity index (χ0v) is 13.8. The van der Waals surface area contributed by atoms with E-state index in [1.807, 2.05) is 36.5 Å². The van der Waals surface area contributed by atoms with Crippen LogP contribution in [0.3, 0.4) is 0 Å². The number of fused-ring (bicyclic) bond motifs is 3. The molecule has 6 nitrogen and oxygen atoms in total. The molecule has 1 heterocycles. The molecule has 0 aromatic heterocycles. The largest absolute Gasteiger partial charge is 0.493 e.